The predicted octanol–water partition coefficient (Wildman–Crippen LogP) is 7.06. The van der Waals surface area contributed by atoms with Gasteiger partial charge in [0.25, 0.3) is 0 Å². The first kappa shape index (κ1) is 28.5. The number of esters is 1. The van der Waals surface area contributed by atoms with E-state index in [-0.39, 0.29) is 50.7 Å². The van der Waals surface area contributed by atoms with Crippen molar-refractivity contribution in [3.05, 3.63) is 11.6 Å². The lowest BCUT2D eigenvalue weighted by Gasteiger charge is -2.69. The molecule has 0 radical (unpaired) electrons. The number of methoxy groups -OCH3 is 1. The van der Waals surface area contributed by atoms with Gasteiger partial charge in [0.2, 0.25) is 0 Å². The van der Waals surface area contributed by atoms with Crippen LogP contribution in [-0.2, 0) is 24.0 Å². The topological polar surface area (TPSA) is 82.0 Å². The van der Waals surface area contributed by atoms with Gasteiger partial charge in [0.05, 0.1) is 18.2 Å². The van der Waals surface area contributed by atoms with E-state index in [1.807, 2.05) is 6.08 Å². The lowest BCUT2D eigenvalue weighted by atomic mass is 9.34. The third kappa shape index (κ3) is 3.78. The van der Waals surface area contributed by atoms with E-state index < -0.39 is 11.4 Å². The molecule has 5 aliphatic rings. The average molecular weight is 540 g/mol. The Balaban J connectivity index is 1.60. The number of hydrogen-bond donors (Lipinski definition) is 0. The smallest absolute Gasteiger partial charge is 0.331 e. The molecule has 1 unspecified atom stereocenters. The highest BCUT2D eigenvalue weighted by Gasteiger charge is 2.71. The summed E-state index contributed by atoms with van der Waals surface area (Å²) in [5.41, 5.74) is 1.08. The molecule has 0 saturated heterocycles. The lowest BCUT2D eigenvalue weighted by molar-refractivity contribution is -0.191. The van der Waals surface area contributed by atoms with Crippen molar-refractivity contribution in [2.75, 3.05) is 7.11 Å². The summed E-state index contributed by atoms with van der Waals surface area (Å²) in [5.74, 6) is -0.149. The van der Waals surface area contributed by atoms with Gasteiger partial charge >= 0.3 is 11.9 Å². The van der Waals surface area contributed by atoms with Crippen LogP contribution >= 0.6 is 0 Å². The Morgan fingerprint density at radius 1 is 0.949 bits per heavy atom. The molecule has 216 valence electrons. The van der Waals surface area contributed by atoms with Gasteiger partial charge in [-0.1, -0.05) is 59.2 Å². The number of allylic oxidation sites excluding steroid dienone is 2. The van der Waals surface area contributed by atoms with Crippen molar-refractivity contribution < 1.29 is 24.0 Å². The quantitative estimate of drug-likeness (QED) is 0.213. The van der Waals surface area contributed by atoms with Crippen LogP contribution in [0.25, 0.3) is 0 Å². The standard InChI is InChI=1S/C33H49NO5/c1-20(35)39-34-25-11-12-30(6)23(29(25,4)5)10-13-31(7)24(30)18-22(36)26-21-19-28(2,3)14-16-33(21,27(37)38-9)17-15-32(26,31)8/h18,21,23,26H,10-17,19H2,1-9H3/t21-,23+,26?,30+,31-,32-,33+/m1/s1. The predicted molar refractivity (Wildman–Crippen MR) is 151 cm³/mol. The maximum atomic E-state index is 14.5. The number of carbonyl (C=O) groups excluding carboxylic acids is 3. The largest absolute Gasteiger partial charge is 0.469 e. The molecule has 6 heteroatoms. The van der Waals surface area contributed by atoms with Crippen molar-refractivity contribution in [1.29, 1.82) is 0 Å². The van der Waals surface area contributed by atoms with Gasteiger partial charge in [0.15, 0.2) is 5.78 Å². The van der Waals surface area contributed by atoms with E-state index in [0.717, 1.165) is 63.5 Å². The first-order valence-electron chi connectivity index (χ1n) is 15.1. The number of fused-ring (bicyclic) bond motifs is 7. The van der Waals surface area contributed by atoms with Crippen LogP contribution in [0.2, 0.25) is 0 Å². The number of carbonyl (C=O) groups is 3. The second-order valence-corrected chi connectivity index (χ2v) is 15.7. The van der Waals surface area contributed by atoms with Crippen molar-refractivity contribution in [3.8, 4) is 0 Å². The minimum atomic E-state index is -0.554. The van der Waals surface area contributed by atoms with Gasteiger partial charge in [0.1, 0.15) is 0 Å². The van der Waals surface area contributed by atoms with Crippen LogP contribution in [0.1, 0.15) is 113 Å². The van der Waals surface area contributed by atoms with Crippen LogP contribution in [0.15, 0.2) is 16.8 Å². The Bertz CT molecular complexity index is 1160. The first-order valence-corrected chi connectivity index (χ1v) is 15.1. The van der Waals surface area contributed by atoms with Crippen molar-refractivity contribution in [2.45, 2.75) is 113 Å². The molecule has 4 saturated carbocycles. The Hall–Kier alpha value is -1.98. The molecule has 7 atom stereocenters. The fourth-order valence-electron chi connectivity index (χ4n) is 10.7. The van der Waals surface area contributed by atoms with E-state index in [4.69, 9.17) is 9.57 Å². The van der Waals surface area contributed by atoms with Crippen molar-refractivity contribution in [1.82, 2.24) is 0 Å². The maximum Gasteiger partial charge on any atom is 0.331 e. The van der Waals surface area contributed by atoms with E-state index in [2.05, 4.69) is 53.6 Å². The molecule has 0 amide bonds. The molecule has 6 nitrogen and oxygen atoms in total. The molecule has 0 aliphatic heterocycles. The van der Waals surface area contributed by atoms with Gasteiger partial charge in [-0.2, -0.15) is 0 Å². The number of nitrogens with zero attached hydrogens (tertiary/aromatic N) is 1. The van der Waals surface area contributed by atoms with E-state index in [1.54, 1.807) is 0 Å². The number of ether oxygens (including phenoxy) is 1. The molecule has 0 N–H and O–H groups in total. The Morgan fingerprint density at radius 2 is 1.62 bits per heavy atom. The van der Waals surface area contributed by atoms with E-state index in [0.29, 0.717) is 5.92 Å². The fraction of sp³-hybridized carbons (Fsp3) is 0.818. The lowest BCUT2D eigenvalue weighted by Crippen LogP contribution is -2.66. The molecule has 0 aromatic heterocycles. The zero-order chi connectivity index (χ0) is 28.8. The maximum absolute atomic E-state index is 14.5. The Morgan fingerprint density at radius 3 is 2.26 bits per heavy atom. The normalized spacial score (nSPS) is 45.2. The molecule has 5 aliphatic carbocycles. The summed E-state index contributed by atoms with van der Waals surface area (Å²) in [5, 5.41) is 4.30. The van der Waals surface area contributed by atoms with Gasteiger partial charge in [0, 0.05) is 18.3 Å². The minimum absolute atomic E-state index is 0.00497. The van der Waals surface area contributed by atoms with Crippen LogP contribution in [-0.4, -0.2) is 30.5 Å². The van der Waals surface area contributed by atoms with E-state index in [9.17, 15) is 14.4 Å². The second-order valence-electron chi connectivity index (χ2n) is 15.7. The van der Waals surface area contributed by atoms with E-state index in [1.165, 1.54) is 19.6 Å². The van der Waals surface area contributed by atoms with Crippen molar-refractivity contribution >= 4 is 23.4 Å². The van der Waals surface area contributed by atoms with Gasteiger partial charge in [-0.25, -0.2) is 4.79 Å². The Labute approximate surface area is 234 Å². The number of ketones is 1. The zero-order valence-electron chi connectivity index (χ0n) is 25.7. The molecule has 39 heavy (non-hydrogen) atoms. The fourth-order valence-corrected chi connectivity index (χ4v) is 10.7. The highest BCUT2D eigenvalue weighted by molar-refractivity contribution is 5.97. The molecule has 0 heterocycles. The van der Waals surface area contributed by atoms with Gasteiger partial charge in [-0.05, 0) is 97.4 Å². The molecule has 0 spiro atoms. The monoisotopic (exact) mass is 539 g/mol. The molecule has 4 fully saturated rings. The molecular weight excluding hydrogens is 490 g/mol. The van der Waals surface area contributed by atoms with Gasteiger partial charge in [-0.15, -0.1) is 0 Å². The molecule has 5 rings (SSSR count). The van der Waals surface area contributed by atoms with Crippen LogP contribution in [0.5, 0.6) is 0 Å². The molecular formula is C33H49NO5. The van der Waals surface area contributed by atoms with Crippen LogP contribution < -0.4 is 0 Å². The second kappa shape index (κ2) is 8.76. The minimum Gasteiger partial charge on any atom is -0.469 e. The van der Waals surface area contributed by atoms with Crippen LogP contribution in [0, 0.1) is 50.2 Å². The number of hydrogen-bond acceptors (Lipinski definition) is 6. The van der Waals surface area contributed by atoms with Gasteiger partial charge < -0.3 is 9.57 Å². The highest BCUT2D eigenvalue weighted by atomic mass is 16.7. The third-order valence-electron chi connectivity index (χ3n) is 13.0. The zero-order valence-corrected chi connectivity index (χ0v) is 25.7. The van der Waals surface area contributed by atoms with Crippen LogP contribution in [0.3, 0.4) is 0 Å². The summed E-state index contributed by atoms with van der Waals surface area (Å²) in [6.45, 7) is 17.6. The summed E-state index contributed by atoms with van der Waals surface area (Å²) in [4.78, 5) is 44.5. The summed E-state index contributed by atoms with van der Waals surface area (Å²) in [7, 11) is 1.51. The van der Waals surface area contributed by atoms with Gasteiger partial charge in [-0.3, -0.25) is 9.59 Å². The van der Waals surface area contributed by atoms with Crippen LogP contribution in [0.4, 0.5) is 0 Å². The number of oxime groups is 1. The molecule has 0 bridgehead atoms. The number of rotatable bonds is 2. The summed E-state index contributed by atoms with van der Waals surface area (Å²) in [6.07, 6.45) is 10.1. The summed E-state index contributed by atoms with van der Waals surface area (Å²) >= 11 is 0. The molecule has 0 aromatic rings. The average Bonchev–Trinajstić information content (AvgIpc) is 2.83. The molecule has 0 aromatic carbocycles. The van der Waals surface area contributed by atoms with Crippen molar-refractivity contribution in [3.63, 3.8) is 0 Å². The van der Waals surface area contributed by atoms with Crippen molar-refractivity contribution in [2.24, 2.45) is 55.4 Å². The third-order valence-corrected chi connectivity index (χ3v) is 13.0. The highest BCUT2D eigenvalue weighted by Crippen LogP contribution is 2.75. The summed E-state index contributed by atoms with van der Waals surface area (Å²) < 4.78 is 5.44. The summed E-state index contributed by atoms with van der Waals surface area (Å²) in [6, 6.07) is 0. The first-order chi connectivity index (χ1) is 18.0. The SMILES string of the molecule is COC(=O)[C@]12CCC(C)(C)C[C@@H]1C1C(=O)C=C3[C@@]4(C)CCC(=NOC(C)=O)C(C)(C)[C@@H]4CC[C@@]3(C)[C@]1(C)CC2. The van der Waals surface area contributed by atoms with E-state index >= 15 is 0 Å². The Kier molecular flexibility index (Phi) is 6.41.